The van der Waals surface area contributed by atoms with Crippen LogP contribution >= 0.6 is 0 Å². The van der Waals surface area contributed by atoms with Gasteiger partial charge in [-0.3, -0.25) is 4.79 Å². The zero-order valence-corrected chi connectivity index (χ0v) is 22.0. The predicted octanol–water partition coefficient (Wildman–Crippen LogP) is 10.5. The van der Waals surface area contributed by atoms with Crippen molar-refractivity contribution < 1.29 is 9.53 Å². The number of rotatable bonds is 25. The van der Waals surface area contributed by atoms with Crippen molar-refractivity contribution in [2.45, 2.75) is 186 Å². The molecule has 1 heterocycles. The molecule has 0 aromatic carbocycles. The molecule has 1 atom stereocenters. The van der Waals surface area contributed by atoms with Crippen LogP contribution in [0.5, 0.6) is 0 Å². The predicted molar refractivity (Wildman–Crippen MR) is 140 cm³/mol. The highest BCUT2D eigenvalue weighted by molar-refractivity contribution is 5.71. The maximum absolute atomic E-state index is 11.1. The van der Waals surface area contributed by atoms with Crippen molar-refractivity contribution in [3.05, 3.63) is 0 Å². The van der Waals surface area contributed by atoms with Crippen LogP contribution in [0.15, 0.2) is 0 Å². The van der Waals surface area contributed by atoms with E-state index in [0.717, 1.165) is 12.8 Å². The van der Waals surface area contributed by atoms with Crippen molar-refractivity contribution in [3.8, 4) is 0 Å². The van der Waals surface area contributed by atoms with Gasteiger partial charge >= 0.3 is 5.97 Å². The molecule has 2 nitrogen and oxygen atoms in total. The molecule has 0 aromatic rings. The van der Waals surface area contributed by atoms with Crippen LogP contribution in [0.2, 0.25) is 0 Å². The first kappa shape index (κ1) is 29.5. The summed E-state index contributed by atoms with van der Waals surface area (Å²) in [5.74, 6) is 0.0133. The third-order valence-electron chi connectivity index (χ3n) is 7.35. The summed E-state index contributed by atoms with van der Waals surface area (Å²) in [7, 11) is 0. The molecule has 0 aromatic heterocycles. The van der Waals surface area contributed by atoms with E-state index >= 15 is 0 Å². The normalized spacial score (nSPS) is 16.0. The largest absolute Gasteiger partial charge is 0.462 e. The highest BCUT2D eigenvalue weighted by atomic mass is 16.5. The summed E-state index contributed by atoms with van der Waals surface area (Å²) in [4.78, 5) is 11.1. The lowest BCUT2D eigenvalue weighted by Crippen LogP contribution is -2.06. The number of hydrogen-bond acceptors (Lipinski definition) is 2. The topological polar surface area (TPSA) is 26.3 Å². The maximum Gasteiger partial charge on any atom is 0.306 e. The zero-order chi connectivity index (χ0) is 23.0. The van der Waals surface area contributed by atoms with Gasteiger partial charge in [0.1, 0.15) is 6.10 Å². The number of hydrogen-bond donors (Lipinski definition) is 0. The lowest BCUT2D eigenvalue weighted by Gasteiger charge is -2.08. The van der Waals surface area contributed by atoms with Crippen LogP contribution in [0.1, 0.15) is 180 Å². The molecule has 0 spiro atoms. The summed E-state index contributed by atoms with van der Waals surface area (Å²) in [5.41, 5.74) is 0. The number of cyclic esters (lactones) is 1. The smallest absolute Gasteiger partial charge is 0.306 e. The minimum absolute atomic E-state index is 0.0133. The van der Waals surface area contributed by atoms with Gasteiger partial charge in [0.25, 0.3) is 0 Å². The van der Waals surface area contributed by atoms with Crippen molar-refractivity contribution in [2.24, 2.45) is 0 Å². The van der Waals surface area contributed by atoms with Gasteiger partial charge in [0, 0.05) is 6.42 Å². The Morgan fingerprint density at radius 3 is 1.12 bits per heavy atom. The second-order valence-electron chi connectivity index (χ2n) is 10.6. The van der Waals surface area contributed by atoms with E-state index in [1.165, 1.54) is 154 Å². The van der Waals surface area contributed by atoms with E-state index in [-0.39, 0.29) is 12.1 Å². The molecule has 0 bridgehead atoms. The van der Waals surface area contributed by atoms with Crippen LogP contribution in [0, 0.1) is 0 Å². The standard InChI is InChI=1S/C30H58O2/c1-2-3-4-5-6-7-8-9-10-11-12-13-14-15-16-17-18-19-20-21-22-23-24-25-26-29-27-28-30(31)32-29/h29H,2-28H2,1H3. The maximum atomic E-state index is 11.1. The Kier molecular flexibility index (Phi) is 21.8. The summed E-state index contributed by atoms with van der Waals surface area (Å²) >= 11 is 0. The van der Waals surface area contributed by atoms with Gasteiger partial charge in [0.05, 0.1) is 0 Å². The van der Waals surface area contributed by atoms with E-state index in [1.54, 1.807) is 0 Å². The average molecular weight is 451 g/mol. The summed E-state index contributed by atoms with van der Waals surface area (Å²) < 4.78 is 5.27. The van der Waals surface area contributed by atoms with Crippen molar-refractivity contribution in [1.29, 1.82) is 0 Å². The first-order valence-corrected chi connectivity index (χ1v) is 15.0. The Balaban J connectivity index is 1.62. The third kappa shape index (κ3) is 20.1. The first-order chi connectivity index (χ1) is 15.8. The fraction of sp³-hybridized carbons (Fsp3) is 0.967. The monoisotopic (exact) mass is 450 g/mol. The van der Waals surface area contributed by atoms with Gasteiger partial charge in [-0.15, -0.1) is 0 Å². The number of carbonyl (C=O) groups excluding carboxylic acids is 1. The minimum Gasteiger partial charge on any atom is -0.462 e. The molecule has 1 unspecified atom stereocenters. The fourth-order valence-electron chi connectivity index (χ4n) is 5.12. The van der Waals surface area contributed by atoms with E-state index in [2.05, 4.69) is 6.92 Å². The molecule has 190 valence electrons. The Bertz CT molecular complexity index is 392. The van der Waals surface area contributed by atoms with E-state index in [0.29, 0.717) is 6.42 Å². The molecule has 2 heteroatoms. The first-order valence-electron chi connectivity index (χ1n) is 15.0. The van der Waals surface area contributed by atoms with E-state index in [9.17, 15) is 4.79 Å². The molecule has 0 radical (unpaired) electrons. The second kappa shape index (κ2) is 23.6. The summed E-state index contributed by atoms with van der Waals surface area (Å²) in [5, 5.41) is 0. The molecule has 0 aliphatic carbocycles. The van der Waals surface area contributed by atoms with E-state index in [1.807, 2.05) is 0 Å². The Hall–Kier alpha value is -0.530. The molecule has 1 aliphatic heterocycles. The van der Waals surface area contributed by atoms with Gasteiger partial charge in [-0.25, -0.2) is 0 Å². The van der Waals surface area contributed by atoms with Gasteiger partial charge in [0.2, 0.25) is 0 Å². The second-order valence-corrected chi connectivity index (χ2v) is 10.6. The zero-order valence-electron chi connectivity index (χ0n) is 22.0. The summed E-state index contributed by atoms with van der Waals surface area (Å²) in [6, 6.07) is 0. The molecule has 32 heavy (non-hydrogen) atoms. The van der Waals surface area contributed by atoms with Crippen LogP contribution in [-0.4, -0.2) is 12.1 Å². The van der Waals surface area contributed by atoms with Gasteiger partial charge < -0.3 is 4.74 Å². The number of unbranched alkanes of at least 4 members (excludes halogenated alkanes) is 23. The number of ether oxygens (including phenoxy) is 1. The molecule has 0 saturated carbocycles. The Labute approximate surface area is 202 Å². The molecule has 1 rings (SSSR count). The quantitative estimate of drug-likeness (QED) is 0.102. The lowest BCUT2D eigenvalue weighted by molar-refractivity contribution is -0.141. The number of carbonyl (C=O) groups is 1. The number of esters is 1. The van der Waals surface area contributed by atoms with Gasteiger partial charge in [-0.05, 0) is 19.3 Å². The van der Waals surface area contributed by atoms with Crippen LogP contribution in [0.3, 0.4) is 0 Å². The molecular weight excluding hydrogens is 392 g/mol. The van der Waals surface area contributed by atoms with Crippen LogP contribution in [0.25, 0.3) is 0 Å². The fourth-order valence-corrected chi connectivity index (χ4v) is 5.12. The molecule has 1 aliphatic rings. The molecule has 0 amide bonds. The lowest BCUT2D eigenvalue weighted by atomic mass is 10.0. The van der Waals surface area contributed by atoms with Crippen molar-refractivity contribution in [2.75, 3.05) is 0 Å². The third-order valence-corrected chi connectivity index (χ3v) is 7.35. The molecular formula is C30H58O2. The highest BCUT2D eigenvalue weighted by Crippen LogP contribution is 2.20. The van der Waals surface area contributed by atoms with Crippen LogP contribution in [0.4, 0.5) is 0 Å². The van der Waals surface area contributed by atoms with Gasteiger partial charge in [-0.2, -0.15) is 0 Å². The average Bonchev–Trinajstić information content (AvgIpc) is 3.21. The minimum atomic E-state index is 0.0133. The van der Waals surface area contributed by atoms with Crippen molar-refractivity contribution >= 4 is 5.97 Å². The van der Waals surface area contributed by atoms with Crippen LogP contribution < -0.4 is 0 Å². The van der Waals surface area contributed by atoms with Crippen molar-refractivity contribution in [3.63, 3.8) is 0 Å². The highest BCUT2D eigenvalue weighted by Gasteiger charge is 2.22. The van der Waals surface area contributed by atoms with Crippen molar-refractivity contribution in [1.82, 2.24) is 0 Å². The van der Waals surface area contributed by atoms with Gasteiger partial charge in [0.15, 0.2) is 0 Å². The van der Waals surface area contributed by atoms with E-state index < -0.39 is 0 Å². The SMILES string of the molecule is CCCCCCCCCCCCCCCCCCCCCCCCCCC1CCC(=O)O1. The molecule has 1 fully saturated rings. The molecule has 1 saturated heterocycles. The Morgan fingerprint density at radius 2 is 0.844 bits per heavy atom. The van der Waals surface area contributed by atoms with Gasteiger partial charge in [-0.1, -0.05) is 155 Å². The summed E-state index contributed by atoms with van der Waals surface area (Å²) in [6.45, 7) is 2.30. The Morgan fingerprint density at radius 1 is 0.531 bits per heavy atom. The molecule has 0 N–H and O–H groups in total. The van der Waals surface area contributed by atoms with E-state index in [4.69, 9.17) is 4.74 Å². The van der Waals surface area contributed by atoms with Crippen LogP contribution in [-0.2, 0) is 9.53 Å². The summed E-state index contributed by atoms with van der Waals surface area (Å²) in [6.07, 6.45) is 37.3.